The van der Waals surface area contributed by atoms with Crippen LogP contribution in [-0.4, -0.2) is 96.4 Å². The molecular weight excluding hydrogens is 1420 g/mol. The summed E-state index contributed by atoms with van der Waals surface area (Å²) in [4.78, 5) is 60.4. The van der Waals surface area contributed by atoms with Gasteiger partial charge >= 0.3 is 0 Å². The summed E-state index contributed by atoms with van der Waals surface area (Å²) < 4.78 is 0. The van der Waals surface area contributed by atoms with Gasteiger partial charge in [0.15, 0.2) is 20.4 Å². The third-order valence-electron chi connectivity index (χ3n) is 19.1. The predicted octanol–water partition coefficient (Wildman–Crippen LogP) is 14.1. The van der Waals surface area contributed by atoms with Crippen LogP contribution in [0.2, 0.25) is 0 Å². The van der Waals surface area contributed by atoms with Crippen LogP contribution in [0.1, 0.15) is 172 Å². The molecule has 12 N–H and O–H groups in total. The molecule has 0 atom stereocenters. The third kappa shape index (κ3) is 25.3. The molecular formula is C88H108N12O4S4. The Hall–Kier alpha value is -9.60. The number of nitrogens with one attached hydrogen (secondary N) is 12. The van der Waals surface area contributed by atoms with Crippen molar-refractivity contribution in [2.45, 2.75) is 156 Å². The van der Waals surface area contributed by atoms with Crippen molar-refractivity contribution >= 4 is 116 Å². The molecule has 0 spiro atoms. The number of fused-ring (bicyclic) bond motifs is 8. The van der Waals surface area contributed by atoms with E-state index in [1.807, 2.05) is 121 Å². The zero-order valence-electron chi connectivity index (χ0n) is 64.7. The predicted molar refractivity (Wildman–Crippen MR) is 461 cm³/mol. The van der Waals surface area contributed by atoms with E-state index in [1.54, 1.807) is 0 Å². The maximum Gasteiger partial charge on any atom is 0.224 e. The summed E-state index contributed by atoms with van der Waals surface area (Å²) in [6, 6.07) is 57.0. The monoisotopic (exact) mass is 1520 g/mol. The van der Waals surface area contributed by atoms with Gasteiger partial charge < -0.3 is 63.8 Å². The number of rotatable bonds is 24. The SMILES string of the molecule is CC(C)(C)c1cc2c(CC(=O)NCCNC(=S)Nc3ccccc3)c(c1)Cc1cc(C(C)(C)C)cc(c1CC(=O)NCCNC(=S)Nc1ccccc1)Cc1cc(C(C)(C)C)cc(c1CC(=O)NCCNC(=S)Nc1ccccc1)Cc1cc(C(C)(C)C)cc(c1CC(=O)NCCNC(=S)Nc1ccccc1)C2. The average molecular weight is 1530 g/mol. The minimum absolute atomic E-state index is 0.0337. The maximum atomic E-state index is 15.1. The Labute approximate surface area is 661 Å². The molecule has 0 heterocycles. The Morgan fingerprint density at radius 3 is 0.574 bits per heavy atom. The van der Waals surface area contributed by atoms with Gasteiger partial charge in [-0.15, -0.1) is 0 Å². The highest BCUT2D eigenvalue weighted by Crippen LogP contribution is 2.40. The Kier molecular flexibility index (Phi) is 29.0. The summed E-state index contributed by atoms with van der Waals surface area (Å²) in [6.07, 6.45) is 1.59. The minimum atomic E-state index is -0.371. The molecule has 1 aliphatic carbocycles. The minimum Gasteiger partial charge on any atom is -0.361 e. The zero-order valence-corrected chi connectivity index (χ0v) is 68.0. The molecule has 9 rings (SSSR count). The number of carbonyl (C=O) groups is 4. The number of anilines is 4. The molecule has 8 aromatic carbocycles. The van der Waals surface area contributed by atoms with Gasteiger partial charge in [0.1, 0.15) is 0 Å². The van der Waals surface area contributed by atoms with E-state index in [0.717, 1.165) is 112 Å². The molecule has 0 fully saturated rings. The van der Waals surface area contributed by atoms with E-state index in [0.29, 0.717) is 98.5 Å². The van der Waals surface area contributed by atoms with E-state index in [4.69, 9.17) is 48.9 Å². The van der Waals surface area contributed by atoms with Crippen molar-refractivity contribution in [3.8, 4) is 0 Å². The number of thiocarbonyl (C=S) groups is 4. The van der Waals surface area contributed by atoms with Gasteiger partial charge in [-0.1, -0.05) is 204 Å². The largest absolute Gasteiger partial charge is 0.361 e. The van der Waals surface area contributed by atoms with E-state index in [2.05, 4.69) is 195 Å². The first-order valence-electron chi connectivity index (χ1n) is 37.4. The van der Waals surface area contributed by atoms with Crippen molar-refractivity contribution in [2.75, 3.05) is 73.6 Å². The molecule has 8 aromatic rings. The highest BCUT2D eigenvalue weighted by Gasteiger charge is 2.30. The third-order valence-corrected chi connectivity index (χ3v) is 20.1. The molecule has 0 unspecified atom stereocenters. The molecule has 16 nitrogen and oxygen atoms in total. The number of para-hydroxylation sites is 4. The Bertz CT molecular complexity index is 3840. The lowest BCUT2D eigenvalue weighted by Gasteiger charge is -2.30. The van der Waals surface area contributed by atoms with Crippen molar-refractivity contribution in [3.05, 3.63) is 259 Å². The summed E-state index contributed by atoms with van der Waals surface area (Å²) >= 11 is 22.7. The highest BCUT2D eigenvalue weighted by atomic mass is 32.1. The van der Waals surface area contributed by atoms with Crippen LogP contribution in [0.3, 0.4) is 0 Å². The van der Waals surface area contributed by atoms with Gasteiger partial charge in [-0.3, -0.25) is 19.2 Å². The van der Waals surface area contributed by atoms with E-state index >= 15 is 19.2 Å². The first-order chi connectivity index (χ1) is 51.3. The molecule has 568 valence electrons. The smallest absolute Gasteiger partial charge is 0.224 e. The Morgan fingerprint density at radius 1 is 0.259 bits per heavy atom. The van der Waals surface area contributed by atoms with Crippen molar-refractivity contribution in [3.63, 3.8) is 0 Å². The molecule has 4 amide bonds. The maximum absolute atomic E-state index is 15.1. The fourth-order valence-electron chi connectivity index (χ4n) is 13.1. The van der Waals surface area contributed by atoms with Gasteiger partial charge in [-0.2, -0.15) is 0 Å². The summed E-state index contributed by atoms with van der Waals surface area (Å²) in [5.41, 5.74) is 17.3. The Morgan fingerprint density at radius 2 is 0.417 bits per heavy atom. The highest BCUT2D eigenvalue weighted by molar-refractivity contribution is 7.81. The Balaban J connectivity index is 1.21. The number of benzene rings is 8. The van der Waals surface area contributed by atoms with Crippen LogP contribution in [0.15, 0.2) is 170 Å². The van der Waals surface area contributed by atoms with Gasteiger partial charge in [0.05, 0.1) is 25.7 Å². The summed E-state index contributed by atoms with van der Waals surface area (Å²) in [5.74, 6) is -0.684. The molecule has 20 heteroatoms. The molecule has 0 saturated carbocycles. The van der Waals surface area contributed by atoms with Crippen LogP contribution >= 0.6 is 48.9 Å². The van der Waals surface area contributed by atoms with Crippen LogP contribution in [-0.2, 0) is 92.2 Å². The fourth-order valence-corrected chi connectivity index (χ4v) is 14.0. The van der Waals surface area contributed by atoms with Crippen molar-refractivity contribution in [1.82, 2.24) is 42.5 Å². The average Bonchev–Trinajstić information content (AvgIpc) is 0.760. The zero-order chi connectivity index (χ0) is 77.8. The number of carbonyl (C=O) groups excluding carboxylic acids is 4. The van der Waals surface area contributed by atoms with Crippen LogP contribution < -0.4 is 63.8 Å². The molecule has 0 radical (unpaired) electrons. The second kappa shape index (κ2) is 38.0. The van der Waals surface area contributed by atoms with E-state index in [-0.39, 0.29) is 71.0 Å². The van der Waals surface area contributed by atoms with Crippen LogP contribution in [0.25, 0.3) is 0 Å². The van der Waals surface area contributed by atoms with Gasteiger partial charge in [-0.25, -0.2) is 0 Å². The van der Waals surface area contributed by atoms with Crippen LogP contribution in [0.4, 0.5) is 22.7 Å². The summed E-state index contributed by atoms with van der Waals surface area (Å²) in [5, 5.41) is 40.7. The van der Waals surface area contributed by atoms with Gasteiger partial charge in [0.25, 0.3) is 0 Å². The summed E-state index contributed by atoms with van der Waals surface area (Å²) in [6.45, 7) is 29.3. The number of amides is 4. The van der Waals surface area contributed by atoms with Gasteiger partial charge in [-0.05, 0) is 234 Å². The van der Waals surface area contributed by atoms with E-state index < -0.39 is 0 Å². The summed E-state index contributed by atoms with van der Waals surface area (Å²) in [7, 11) is 0. The molecule has 0 aromatic heterocycles. The number of hydrogen-bond acceptors (Lipinski definition) is 8. The second-order valence-corrected chi connectivity index (χ2v) is 33.5. The lowest BCUT2D eigenvalue weighted by molar-refractivity contribution is -0.121. The van der Waals surface area contributed by atoms with Crippen LogP contribution in [0.5, 0.6) is 0 Å². The lowest BCUT2D eigenvalue weighted by Crippen LogP contribution is -2.37. The quantitative estimate of drug-likeness (QED) is 0.0200. The normalized spacial score (nSPS) is 12.1. The molecule has 8 bridgehead atoms. The topological polar surface area (TPSA) is 213 Å². The molecule has 0 saturated heterocycles. The molecule has 0 aliphatic heterocycles. The van der Waals surface area contributed by atoms with E-state index in [1.165, 1.54) is 0 Å². The van der Waals surface area contributed by atoms with Crippen LogP contribution in [0, 0.1) is 0 Å². The van der Waals surface area contributed by atoms with Crippen molar-refractivity contribution in [1.29, 1.82) is 0 Å². The fraction of sp³-hybridized carbons (Fsp3) is 0.364. The second-order valence-electron chi connectivity index (χ2n) is 31.9. The number of hydrogen-bond donors (Lipinski definition) is 12. The van der Waals surface area contributed by atoms with Crippen molar-refractivity contribution < 1.29 is 19.2 Å². The molecule has 1 aliphatic rings. The van der Waals surface area contributed by atoms with E-state index in [9.17, 15) is 0 Å². The first-order valence-corrected chi connectivity index (χ1v) is 39.0. The van der Waals surface area contributed by atoms with Gasteiger partial charge in [0, 0.05) is 75.1 Å². The standard InChI is InChI=1S/C88H108N12O4S4/c1-85(2,3)65-45-57-41-59-47-66(86(4,5)6)49-61(74(59)54-78(102)90-34-38-94-82(106)98-70-27-19-14-20-28-70)43-63-51-68(88(10,11)12)52-64(76(63)56-80(104)92-36-40-96-84(108)100-72-31-23-16-24-32-72)44-62-50-67(87(7,8)9)48-60(75(62)55-79(103)91-35-39-95-83(107)99-71-29-21-15-22-30-71)42-58(46-65)73(57)53-77(101)89-33-37-93-81(105)97-69-25-17-13-18-26-69/h13-32,45-52H,33-44,53-56H2,1-12H3,(H,89,101)(H,90,102)(H,91,103)(H,92,104)(H2,93,97,105)(H2,94,98,106)(H2,95,99,107)(H2,96,100,108). The van der Waals surface area contributed by atoms with Crippen molar-refractivity contribution in [2.24, 2.45) is 0 Å². The lowest BCUT2D eigenvalue weighted by atomic mass is 9.75. The van der Waals surface area contributed by atoms with Gasteiger partial charge in [0.2, 0.25) is 23.6 Å². The molecule has 108 heavy (non-hydrogen) atoms. The first kappa shape index (κ1) is 82.5.